The maximum atomic E-state index is 8.79. The van der Waals surface area contributed by atoms with Crippen LogP contribution in [0.15, 0.2) is 0 Å². The van der Waals surface area contributed by atoms with Crippen molar-refractivity contribution in [1.82, 2.24) is 9.80 Å². The molecule has 1 unspecified atom stereocenters. The fourth-order valence-electron chi connectivity index (χ4n) is 2.17. The molecule has 0 bridgehead atoms. The van der Waals surface area contributed by atoms with E-state index in [1.807, 2.05) is 0 Å². The first-order valence-corrected chi connectivity index (χ1v) is 5.27. The number of nitrogens with zero attached hydrogens (tertiary/aromatic N) is 3. The second-order valence-electron chi connectivity index (χ2n) is 5.14. The Labute approximate surface area is 87.3 Å². The molecular weight excluding hydrogens is 174 g/mol. The van der Waals surface area contributed by atoms with E-state index >= 15 is 0 Å². The van der Waals surface area contributed by atoms with Gasteiger partial charge in [0, 0.05) is 31.2 Å². The SMILES string of the molecule is CN1CCN(C(C)(C)C)C(CC#N)C1. The summed E-state index contributed by atoms with van der Waals surface area (Å²) in [6.07, 6.45) is 0.640. The molecule has 1 aliphatic heterocycles. The molecule has 3 heteroatoms. The van der Waals surface area contributed by atoms with Crippen LogP contribution < -0.4 is 0 Å². The van der Waals surface area contributed by atoms with Crippen molar-refractivity contribution in [3.63, 3.8) is 0 Å². The maximum absolute atomic E-state index is 8.79. The van der Waals surface area contributed by atoms with E-state index in [0.717, 1.165) is 19.6 Å². The number of likely N-dealkylation sites (N-methyl/N-ethyl adjacent to an activating group) is 1. The summed E-state index contributed by atoms with van der Waals surface area (Å²) in [6.45, 7) is 9.88. The van der Waals surface area contributed by atoms with Gasteiger partial charge in [-0.05, 0) is 27.8 Å². The standard InChI is InChI=1S/C11H21N3/c1-11(2,3)14-8-7-13(4)9-10(14)5-6-12/h10H,5,7-9H2,1-4H3. The summed E-state index contributed by atoms with van der Waals surface area (Å²) >= 11 is 0. The zero-order valence-electron chi connectivity index (χ0n) is 9.75. The number of hydrogen-bond acceptors (Lipinski definition) is 3. The fourth-order valence-corrected chi connectivity index (χ4v) is 2.17. The van der Waals surface area contributed by atoms with E-state index in [0.29, 0.717) is 12.5 Å². The zero-order valence-corrected chi connectivity index (χ0v) is 9.75. The van der Waals surface area contributed by atoms with Crippen molar-refractivity contribution in [3.8, 4) is 6.07 Å². The summed E-state index contributed by atoms with van der Waals surface area (Å²) < 4.78 is 0. The van der Waals surface area contributed by atoms with Crippen molar-refractivity contribution in [2.75, 3.05) is 26.7 Å². The first-order valence-electron chi connectivity index (χ1n) is 5.27. The highest BCUT2D eigenvalue weighted by molar-refractivity contribution is 4.93. The van der Waals surface area contributed by atoms with Crippen molar-refractivity contribution in [1.29, 1.82) is 5.26 Å². The van der Waals surface area contributed by atoms with Gasteiger partial charge in [-0.1, -0.05) is 0 Å². The van der Waals surface area contributed by atoms with Crippen LogP contribution in [-0.2, 0) is 0 Å². The van der Waals surface area contributed by atoms with Crippen molar-refractivity contribution in [2.24, 2.45) is 0 Å². The van der Waals surface area contributed by atoms with E-state index in [-0.39, 0.29) is 5.54 Å². The zero-order chi connectivity index (χ0) is 10.8. The molecule has 0 radical (unpaired) electrons. The Morgan fingerprint density at radius 1 is 1.36 bits per heavy atom. The lowest BCUT2D eigenvalue weighted by Crippen LogP contribution is -2.58. The quantitative estimate of drug-likeness (QED) is 0.632. The predicted octanol–water partition coefficient (Wildman–Crippen LogP) is 1.31. The second-order valence-corrected chi connectivity index (χ2v) is 5.14. The van der Waals surface area contributed by atoms with Gasteiger partial charge in [0.2, 0.25) is 0 Å². The van der Waals surface area contributed by atoms with Gasteiger partial charge in [-0.25, -0.2) is 0 Å². The van der Waals surface area contributed by atoms with Crippen LogP contribution in [0.1, 0.15) is 27.2 Å². The summed E-state index contributed by atoms with van der Waals surface area (Å²) in [4.78, 5) is 4.76. The van der Waals surface area contributed by atoms with Crippen LogP contribution in [0.3, 0.4) is 0 Å². The smallest absolute Gasteiger partial charge is 0.0638 e. The topological polar surface area (TPSA) is 30.3 Å². The summed E-state index contributed by atoms with van der Waals surface area (Å²) in [6, 6.07) is 2.69. The number of rotatable bonds is 1. The predicted molar refractivity (Wildman–Crippen MR) is 58.0 cm³/mol. The average molecular weight is 195 g/mol. The third-order valence-electron chi connectivity index (χ3n) is 2.87. The van der Waals surface area contributed by atoms with E-state index < -0.39 is 0 Å². The Balaban J connectivity index is 2.68. The molecule has 0 aromatic heterocycles. The summed E-state index contributed by atoms with van der Waals surface area (Å²) in [5.41, 5.74) is 0.183. The lowest BCUT2D eigenvalue weighted by Gasteiger charge is -2.46. The van der Waals surface area contributed by atoms with Crippen molar-refractivity contribution >= 4 is 0 Å². The third kappa shape index (κ3) is 2.70. The van der Waals surface area contributed by atoms with Crippen molar-refractivity contribution < 1.29 is 0 Å². The van der Waals surface area contributed by atoms with E-state index in [2.05, 4.69) is 43.7 Å². The molecule has 1 fully saturated rings. The molecule has 0 N–H and O–H groups in total. The lowest BCUT2D eigenvalue weighted by molar-refractivity contribution is 0.0212. The third-order valence-corrected chi connectivity index (χ3v) is 2.87. The molecule has 14 heavy (non-hydrogen) atoms. The molecule has 1 rings (SSSR count). The summed E-state index contributed by atoms with van der Waals surface area (Å²) in [7, 11) is 2.13. The highest BCUT2D eigenvalue weighted by Gasteiger charge is 2.32. The summed E-state index contributed by atoms with van der Waals surface area (Å²) in [5, 5.41) is 8.79. The Kier molecular flexibility index (Phi) is 3.52. The monoisotopic (exact) mass is 195 g/mol. The molecule has 1 saturated heterocycles. The Morgan fingerprint density at radius 3 is 2.50 bits per heavy atom. The molecule has 3 nitrogen and oxygen atoms in total. The molecule has 0 saturated carbocycles. The minimum atomic E-state index is 0.183. The van der Waals surface area contributed by atoms with Crippen LogP contribution in [0.25, 0.3) is 0 Å². The van der Waals surface area contributed by atoms with Crippen LogP contribution >= 0.6 is 0 Å². The average Bonchev–Trinajstić information content (AvgIpc) is 2.02. The van der Waals surface area contributed by atoms with Crippen LogP contribution in [0, 0.1) is 11.3 Å². The van der Waals surface area contributed by atoms with Gasteiger partial charge in [-0.2, -0.15) is 5.26 Å². The lowest BCUT2D eigenvalue weighted by atomic mass is 9.99. The van der Waals surface area contributed by atoms with Gasteiger partial charge in [-0.3, -0.25) is 4.90 Å². The molecule has 0 aromatic rings. The van der Waals surface area contributed by atoms with Gasteiger partial charge in [0.15, 0.2) is 0 Å². The minimum absolute atomic E-state index is 0.183. The maximum Gasteiger partial charge on any atom is 0.0638 e. The first kappa shape index (κ1) is 11.5. The largest absolute Gasteiger partial charge is 0.304 e. The van der Waals surface area contributed by atoms with Crippen molar-refractivity contribution in [3.05, 3.63) is 0 Å². The fraction of sp³-hybridized carbons (Fsp3) is 0.909. The van der Waals surface area contributed by atoms with E-state index in [9.17, 15) is 0 Å². The Morgan fingerprint density at radius 2 is 2.00 bits per heavy atom. The minimum Gasteiger partial charge on any atom is -0.304 e. The number of nitriles is 1. The Bertz CT molecular complexity index is 224. The summed E-state index contributed by atoms with van der Waals surface area (Å²) in [5.74, 6) is 0. The first-order chi connectivity index (χ1) is 6.45. The van der Waals surface area contributed by atoms with Crippen molar-refractivity contribution in [2.45, 2.75) is 38.8 Å². The highest BCUT2D eigenvalue weighted by atomic mass is 15.3. The van der Waals surface area contributed by atoms with E-state index in [1.54, 1.807) is 0 Å². The molecule has 1 heterocycles. The molecule has 1 atom stereocenters. The van der Waals surface area contributed by atoms with Gasteiger partial charge >= 0.3 is 0 Å². The van der Waals surface area contributed by atoms with Crippen LogP contribution in [-0.4, -0.2) is 48.1 Å². The van der Waals surface area contributed by atoms with Gasteiger partial charge in [0.05, 0.1) is 12.5 Å². The molecule has 80 valence electrons. The van der Waals surface area contributed by atoms with Gasteiger partial charge in [0.1, 0.15) is 0 Å². The highest BCUT2D eigenvalue weighted by Crippen LogP contribution is 2.21. The van der Waals surface area contributed by atoms with Crippen LogP contribution in [0.4, 0.5) is 0 Å². The van der Waals surface area contributed by atoms with E-state index in [4.69, 9.17) is 5.26 Å². The van der Waals surface area contributed by atoms with Gasteiger partial charge < -0.3 is 4.90 Å². The molecular formula is C11H21N3. The molecule has 0 amide bonds. The second kappa shape index (κ2) is 4.29. The molecule has 1 aliphatic rings. The number of hydrogen-bond donors (Lipinski definition) is 0. The van der Waals surface area contributed by atoms with Gasteiger partial charge in [-0.15, -0.1) is 0 Å². The molecule has 0 aliphatic carbocycles. The normalized spacial score (nSPS) is 26.1. The van der Waals surface area contributed by atoms with E-state index in [1.165, 1.54) is 0 Å². The molecule has 0 aromatic carbocycles. The van der Waals surface area contributed by atoms with Crippen LogP contribution in [0.5, 0.6) is 0 Å². The van der Waals surface area contributed by atoms with Crippen LogP contribution in [0.2, 0.25) is 0 Å². The molecule has 0 spiro atoms. The number of piperazine rings is 1. The Hall–Kier alpha value is -0.590. The van der Waals surface area contributed by atoms with Gasteiger partial charge in [0.25, 0.3) is 0 Å².